The Bertz CT molecular complexity index is 891. The summed E-state index contributed by atoms with van der Waals surface area (Å²) in [7, 11) is 1.75. The molecule has 1 aromatic heterocycles. The van der Waals surface area contributed by atoms with E-state index in [0.29, 0.717) is 11.2 Å². The number of fused-ring (bicyclic) bond motifs is 1. The second kappa shape index (κ2) is 5.37. The third-order valence-electron chi connectivity index (χ3n) is 3.48. The quantitative estimate of drug-likeness (QED) is 0.719. The van der Waals surface area contributed by atoms with Crippen LogP contribution in [0, 0.1) is 6.92 Å². The second-order valence-corrected chi connectivity index (χ2v) is 5.10. The lowest BCUT2D eigenvalue weighted by atomic mass is 10.1. The lowest BCUT2D eigenvalue weighted by Gasteiger charge is -2.05. The van der Waals surface area contributed by atoms with Crippen LogP contribution in [0.15, 0.2) is 53.3 Å². The van der Waals surface area contributed by atoms with Crippen LogP contribution in [-0.2, 0) is 7.05 Å². The second-order valence-electron chi connectivity index (χ2n) is 5.10. The van der Waals surface area contributed by atoms with Gasteiger partial charge in [0.05, 0.1) is 10.9 Å². The maximum Gasteiger partial charge on any atom is 0.261 e. The van der Waals surface area contributed by atoms with Gasteiger partial charge in [0, 0.05) is 7.05 Å². The highest BCUT2D eigenvalue weighted by molar-refractivity contribution is 5.79. The molecule has 0 aliphatic carbocycles. The van der Waals surface area contributed by atoms with E-state index >= 15 is 0 Å². The predicted molar refractivity (Wildman–Crippen MR) is 87.1 cm³/mol. The molecule has 2 aromatic carbocycles. The van der Waals surface area contributed by atoms with Crippen molar-refractivity contribution in [2.45, 2.75) is 6.92 Å². The lowest BCUT2D eigenvalue weighted by molar-refractivity contribution is 0.828. The average molecular weight is 276 g/mol. The number of rotatable bonds is 2. The highest BCUT2D eigenvalue weighted by Crippen LogP contribution is 2.11. The predicted octanol–water partition coefficient (Wildman–Crippen LogP) is 3.41. The first-order chi connectivity index (χ1) is 10.1. The Morgan fingerprint density at radius 1 is 1.05 bits per heavy atom. The molecule has 1 heterocycles. The van der Waals surface area contributed by atoms with Crippen molar-refractivity contribution in [3.63, 3.8) is 0 Å². The topological polar surface area (TPSA) is 34.9 Å². The molecule has 0 radical (unpaired) electrons. The molecule has 0 fully saturated rings. The number of para-hydroxylation sites is 1. The lowest BCUT2D eigenvalue weighted by Crippen LogP contribution is -2.20. The van der Waals surface area contributed by atoms with Gasteiger partial charge in [-0.05, 0) is 30.7 Å². The molecule has 3 nitrogen and oxygen atoms in total. The first-order valence-corrected chi connectivity index (χ1v) is 6.86. The van der Waals surface area contributed by atoms with Gasteiger partial charge in [0.1, 0.15) is 5.82 Å². The van der Waals surface area contributed by atoms with Gasteiger partial charge in [0.25, 0.3) is 5.56 Å². The number of benzene rings is 2. The molecular weight excluding hydrogens is 260 g/mol. The van der Waals surface area contributed by atoms with Crippen molar-refractivity contribution < 1.29 is 0 Å². The molecule has 104 valence electrons. The van der Waals surface area contributed by atoms with E-state index in [1.165, 1.54) is 5.56 Å². The molecule has 3 aromatic rings. The van der Waals surface area contributed by atoms with Crippen LogP contribution in [0.2, 0.25) is 0 Å². The highest BCUT2D eigenvalue weighted by atomic mass is 16.1. The van der Waals surface area contributed by atoms with Crippen LogP contribution in [0.3, 0.4) is 0 Å². The van der Waals surface area contributed by atoms with Crippen LogP contribution in [0.5, 0.6) is 0 Å². The number of aryl methyl sites for hydroxylation is 1. The number of hydrogen-bond donors (Lipinski definition) is 0. The Morgan fingerprint density at radius 3 is 2.67 bits per heavy atom. The molecule has 0 saturated carbocycles. The molecule has 0 aliphatic rings. The van der Waals surface area contributed by atoms with E-state index in [1.807, 2.05) is 42.5 Å². The molecule has 0 aliphatic heterocycles. The molecular formula is C18H16N2O. The van der Waals surface area contributed by atoms with Crippen LogP contribution in [-0.4, -0.2) is 9.55 Å². The van der Waals surface area contributed by atoms with E-state index in [9.17, 15) is 4.79 Å². The third-order valence-corrected chi connectivity index (χ3v) is 3.48. The fourth-order valence-corrected chi connectivity index (χ4v) is 2.33. The van der Waals surface area contributed by atoms with E-state index < -0.39 is 0 Å². The number of aromatic nitrogens is 2. The average Bonchev–Trinajstić information content (AvgIpc) is 2.50. The van der Waals surface area contributed by atoms with Crippen LogP contribution in [0.25, 0.3) is 23.1 Å². The van der Waals surface area contributed by atoms with E-state index in [0.717, 1.165) is 11.1 Å². The van der Waals surface area contributed by atoms with Gasteiger partial charge in [0.2, 0.25) is 0 Å². The summed E-state index contributed by atoms with van der Waals surface area (Å²) in [5.41, 5.74) is 3.00. The van der Waals surface area contributed by atoms with Crippen LogP contribution < -0.4 is 5.56 Å². The van der Waals surface area contributed by atoms with E-state index in [1.54, 1.807) is 17.7 Å². The molecule has 0 unspecified atom stereocenters. The first kappa shape index (κ1) is 13.3. The molecule has 0 amide bonds. The molecule has 0 N–H and O–H groups in total. The summed E-state index contributed by atoms with van der Waals surface area (Å²) in [6, 6.07) is 15.6. The van der Waals surface area contributed by atoms with Crippen LogP contribution in [0.1, 0.15) is 17.0 Å². The van der Waals surface area contributed by atoms with Crippen molar-refractivity contribution in [2.24, 2.45) is 7.05 Å². The number of nitrogens with zero attached hydrogens (tertiary/aromatic N) is 2. The smallest absolute Gasteiger partial charge is 0.261 e. The molecule has 3 rings (SSSR count). The van der Waals surface area contributed by atoms with E-state index in [-0.39, 0.29) is 5.56 Å². The molecule has 3 heteroatoms. The molecule has 0 spiro atoms. The number of hydrogen-bond acceptors (Lipinski definition) is 2. The molecule has 21 heavy (non-hydrogen) atoms. The zero-order valence-corrected chi connectivity index (χ0v) is 12.1. The summed E-state index contributed by atoms with van der Waals surface area (Å²) in [4.78, 5) is 16.9. The van der Waals surface area contributed by atoms with Gasteiger partial charge < -0.3 is 0 Å². The molecule has 0 saturated heterocycles. The maximum absolute atomic E-state index is 12.3. The Labute approximate surface area is 123 Å². The standard InChI is InChI=1S/C18H16N2O/c1-13-6-5-7-14(12-13)10-11-17-19-16-9-4-3-8-15(16)18(21)20(17)2/h3-12H,1-2H3/b11-10+. The van der Waals surface area contributed by atoms with Gasteiger partial charge in [-0.3, -0.25) is 9.36 Å². The van der Waals surface area contributed by atoms with Crippen LogP contribution in [0.4, 0.5) is 0 Å². The summed E-state index contributed by atoms with van der Waals surface area (Å²) in [6.45, 7) is 2.06. The van der Waals surface area contributed by atoms with Crippen molar-refractivity contribution in [3.05, 3.63) is 75.8 Å². The highest BCUT2D eigenvalue weighted by Gasteiger charge is 2.04. The zero-order valence-electron chi connectivity index (χ0n) is 12.1. The van der Waals surface area contributed by atoms with Crippen molar-refractivity contribution >= 4 is 23.1 Å². The van der Waals surface area contributed by atoms with Crippen molar-refractivity contribution in [2.75, 3.05) is 0 Å². The minimum absolute atomic E-state index is 0.0236. The fraction of sp³-hybridized carbons (Fsp3) is 0.111. The monoisotopic (exact) mass is 276 g/mol. The third kappa shape index (κ3) is 2.63. The Kier molecular flexibility index (Phi) is 3.40. The summed E-state index contributed by atoms with van der Waals surface area (Å²) < 4.78 is 1.58. The van der Waals surface area contributed by atoms with Crippen molar-refractivity contribution in [3.8, 4) is 0 Å². The van der Waals surface area contributed by atoms with Crippen molar-refractivity contribution in [1.29, 1.82) is 0 Å². The van der Waals surface area contributed by atoms with Gasteiger partial charge in [-0.25, -0.2) is 4.98 Å². The Hall–Kier alpha value is -2.68. The Balaban J connectivity index is 2.09. The summed E-state index contributed by atoms with van der Waals surface area (Å²) in [5, 5.41) is 0.646. The van der Waals surface area contributed by atoms with E-state index in [4.69, 9.17) is 0 Å². The minimum Gasteiger partial charge on any atom is -0.296 e. The largest absolute Gasteiger partial charge is 0.296 e. The summed E-state index contributed by atoms with van der Waals surface area (Å²) in [5.74, 6) is 0.653. The SMILES string of the molecule is Cc1cccc(/C=C/c2nc3ccccc3c(=O)n2C)c1. The van der Waals surface area contributed by atoms with E-state index in [2.05, 4.69) is 24.0 Å². The van der Waals surface area contributed by atoms with Gasteiger partial charge in [-0.1, -0.05) is 48.0 Å². The van der Waals surface area contributed by atoms with Crippen LogP contribution >= 0.6 is 0 Å². The zero-order chi connectivity index (χ0) is 14.8. The normalized spacial score (nSPS) is 11.3. The van der Waals surface area contributed by atoms with Gasteiger partial charge in [-0.15, -0.1) is 0 Å². The summed E-state index contributed by atoms with van der Waals surface area (Å²) in [6.07, 6.45) is 3.85. The van der Waals surface area contributed by atoms with Gasteiger partial charge in [0.15, 0.2) is 0 Å². The minimum atomic E-state index is -0.0236. The maximum atomic E-state index is 12.3. The van der Waals surface area contributed by atoms with Gasteiger partial charge in [-0.2, -0.15) is 0 Å². The first-order valence-electron chi connectivity index (χ1n) is 6.86. The Morgan fingerprint density at radius 2 is 1.86 bits per heavy atom. The van der Waals surface area contributed by atoms with Crippen molar-refractivity contribution in [1.82, 2.24) is 9.55 Å². The fourth-order valence-electron chi connectivity index (χ4n) is 2.33. The molecule has 0 bridgehead atoms. The van der Waals surface area contributed by atoms with Gasteiger partial charge >= 0.3 is 0 Å². The molecule has 0 atom stereocenters. The summed E-state index contributed by atoms with van der Waals surface area (Å²) >= 11 is 0.